The number of nitrogens with zero attached hydrogens (tertiary/aromatic N) is 2. The van der Waals surface area contributed by atoms with Gasteiger partial charge in [-0.3, -0.25) is 9.59 Å². The molecular formula is C20H18BrF4N3O4. The van der Waals surface area contributed by atoms with Crippen molar-refractivity contribution < 1.29 is 36.6 Å². The Morgan fingerprint density at radius 1 is 1.25 bits per heavy atom. The molecule has 2 amide bonds. The molecule has 172 valence electrons. The van der Waals surface area contributed by atoms with Crippen molar-refractivity contribution in [2.75, 3.05) is 13.1 Å². The second-order valence-electron chi connectivity index (χ2n) is 7.04. The van der Waals surface area contributed by atoms with E-state index in [-0.39, 0.29) is 43.3 Å². The Kier molecular flexibility index (Phi) is 7.22. The van der Waals surface area contributed by atoms with Gasteiger partial charge in [-0.25, -0.2) is 9.37 Å². The van der Waals surface area contributed by atoms with Crippen molar-refractivity contribution in [2.24, 2.45) is 5.73 Å². The fourth-order valence-electron chi connectivity index (χ4n) is 3.18. The molecule has 0 aliphatic carbocycles. The molecule has 2 aromatic rings. The van der Waals surface area contributed by atoms with E-state index in [2.05, 4.69) is 25.7 Å². The number of aromatic nitrogens is 1. The van der Waals surface area contributed by atoms with Crippen LogP contribution < -0.4 is 15.2 Å². The summed E-state index contributed by atoms with van der Waals surface area (Å²) in [5, 5.41) is 0. The van der Waals surface area contributed by atoms with Crippen molar-refractivity contribution in [1.29, 1.82) is 0 Å². The van der Waals surface area contributed by atoms with Crippen molar-refractivity contribution in [1.82, 2.24) is 9.88 Å². The van der Waals surface area contributed by atoms with Crippen LogP contribution in [0.15, 0.2) is 41.0 Å². The molecule has 1 saturated heterocycles. The number of likely N-dealkylation sites (tertiary alicyclic amines) is 1. The maximum absolute atomic E-state index is 14.7. The van der Waals surface area contributed by atoms with Gasteiger partial charge in [-0.05, 0) is 39.7 Å². The van der Waals surface area contributed by atoms with Gasteiger partial charge in [0, 0.05) is 23.6 Å². The number of hydrogen-bond acceptors (Lipinski definition) is 5. The lowest BCUT2D eigenvalue weighted by Gasteiger charge is -2.34. The summed E-state index contributed by atoms with van der Waals surface area (Å²) in [6.07, 6.45) is -5.83. The van der Waals surface area contributed by atoms with Gasteiger partial charge in [0.1, 0.15) is 17.4 Å². The number of piperidine rings is 1. The van der Waals surface area contributed by atoms with E-state index in [1.165, 1.54) is 29.3 Å². The summed E-state index contributed by atoms with van der Waals surface area (Å²) in [4.78, 5) is 29.4. The third-order valence-corrected chi connectivity index (χ3v) is 5.13. The lowest BCUT2D eigenvalue weighted by Crippen LogP contribution is -2.49. The number of pyridine rings is 1. The first-order chi connectivity index (χ1) is 15.0. The number of halogens is 5. The Hall–Kier alpha value is -2.89. The normalized spacial score (nSPS) is 18.8. The van der Waals surface area contributed by atoms with Crippen LogP contribution in [0.4, 0.5) is 17.6 Å². The zero-order valence-electron chi connectivity index (χ0n) is 16.4. The summed E-state index contributed by atoms with van der Waals surface area (Å²) in [5.41, 5.74) is 5.77. The summed E-state index contributed by atoms with van der Waals surface area (Å²) < 4.78 is 61.2. The lowest BCUT2D eigenvalue weighted by molar-refractivity contribution is -0.274. The molecule has 1 aliphatic rings. The first-order valence-electron chi connectivity index (χ1n) is 9.40. The van der Waals surface area contributed by atoms with Gasteiger partial charge in [0.25, 0.3) is 5.91 Å². The van der Waals surface area contributed by atoms with Crippen molar-refractivity contribution in [3.8, 4) is 11.6 Å². The quantitative estimate of drug-likeness (QED) is 0.590. The zero-order chi connectivity index (χ0) is 23.5. The minimum absolute atomic E-state index is 0.00281. The van der Waals surface area contributed by atoms with Crippen LogP contribution in [0.2, 0.25) is 0 Å². The summed E-state index contributed by atoms with van der Waals surface area (Å²) in [5.74, 6) is -1.64. The predicted molar refractivity (Wildman–Crippen MR) is 108 cm³/mol. The van der Waals surface area contributed by atoms with Gasteiger partial charge in [0.15, 0.2) is 6.17 Å². The molecule has 2 heterocycles. The van der Waals surface area contributed by atoms with Crippen LogP contribution in [0.25, 0.3) is 0 Å². The molecule has 7 nitrogen and oxygen atoms in total. The standard InChI is InChI=1S/C20H18BrF4N3O4/c21-12-8-14(18(26)30)19(27-9-12)31-16-5-6-28(10-15(16)22)17(29)7-11-1-3-13(4-2-11)32-20(23,24)25/h1-4,8-9,15-16H,5-7,10H2,(H2,26,30). The number of benzene rings is 1. The topological polar surface area (TPSA) is 94.8 Å². The third-order valence-electron chi connectivity index (χ3n) is 4.69. The van der Waals surface area contributed by atoms with E-state index in [4.69, 9.17) is 10.5 Å². The third kappa shape index (κ3) is 6.31. The Balaban J connectivity index is 1.57. The molecule has 1 fully saturated rings. The number of ether oxygens (including phenoxy) is 2. The number of carbonyl (C=O) groups excluding carboxylic acids is 2. The van der Waals surface area contributed by atoms with E-state index in [9.17, 15) is 27.2 Å². The lowest BCUT2D eigenvalue weighted by atomic mass is 10.0. The molecule has 0 spiro atoms. The minimum atomic E-state index is -4.80. The molecule has 32 heavy (non-hydrogen) atoms. The molecule has 0 saturated carbocycles. The Morgan fingerprint density at radius 3 is 2.53 bits per heavy atom. The summed E-state index contributed by atoms with van der Waals surface area (Å²) in [6, 6.07) is 6.31. The zero-order valence-corrected chi connectivity index (χ0v) is 18.0. The smallest absolute Gasteiger partial charge is 0.471 e. The number of nitrogens with two attached hydrogens (primary N) is 1. The van der Waals surface area contributed by atoms with Crippen LogP contribution in [-0.2, 0) is 11.2 Å². The van der Waals surface area contributed by atoms with E-state index in [1.807, 2.05) is 0 Å². The Bertz CT molecular complexity index is 988. The Morgan fingerprint density at radius 2 is 1.94 bits per heavy atom. The second-order valence-corrected chi connectivity index (χ2v) is 7.96. The average Bonchev–Trinajstić information content (AvgIpc) is 2.70. The first-order valence-corrected chi connectivity index (χ1v) is 10.2. The molecule has 3 rings (SSSR count). The number of carbonyl (C=O) groups is 2. The second kappa shape index (κ2) is 9.72. The SMILES string of the molecule is NC(=O)c1cc(Br)cnc1OC1CCN(C(=O)Cc2ccc(OC(F)(F)F)cc2)CC1F. The average molecular weight is 520 g/mol. The minimum Gasteiger partial charge on any atom is -0.471 e. The number of primary amides is 1. The molecule has 0 bridgehead atoms. The fraction of sp³-hybridized carbons (Fsp3) is 0.350. The van der Waals surface area contributed by atoms with Crippen LogP contribution in [0.5, 0.6) is 11.6 Å². The van der Waals surface area contributed by atoms with Gasteiger partial charge in [-0.15, -0.1) is 13.2 Å². The van der Waals surface area contributed by atoms with Gasteiger partial charge in [-0.1, -0.05) is 12.1 Å². The van der Waals surface area contributed by atoms with Crippen LogP contribution >= 0.6 is 15.9 Å². The van der Waals surface area contributed by atoms with Crippen LogP contribution in [0.1, 0.15) is 22.3 Å². The predicted octanol–water partition coefficient (Wildman–Crippen LogP) is 3.40. The van der Waals surface area contributed by atoms with Crippen molar-refractivity contribution in [3.05, 3.63) is 52.1 Å². The highest BCUT2D eigenvalue weighted by atomic mass is 79.9. The molecule has 1 aliphatic heterocycles. The van der Waals surface area contributed by atoms with Gasteiger partial charge < -0.3 is 20.1 Å². The van der Waals surface area contributed by atoms with E-state index >= 15 is 0 Å². The van der Waals surface area contributed by atoms with Crippen molar-refractivity contribution in [3.63, 3.8) is 0 Å². The van der Waals surface area contributed by atoms with Gasteiger partial charge >= 0.3 is 6.36 Å². The van der Waals surface area contributed by atoms with E-state index < -0.39 is 30.3 Å². The molecule has 1 aromatic carbocycles. The number of alkyl halides is 4. The highest BCUT2D eigenvalue weighted by Gasteiger charge is 2.34. The summed E-state index contributed by atoms with van der Waals surface area (Å²) in [7, 11) is 0. The monoisotopic (exact) mass is 519 g/mol. The maximum Gasteiger partial charge on any atom is 0.573 e. The first kappa shape index (κ1) is 23.8. The molecule has 2 N–H and O–H groups in total. The van der Waals surface area contributed by atoms with E-state index in [0.29, 0.717) is 10.0 Å². The molecule has 0 radical (unpaired) electrons. The Labute approximate surface area is 188 Å². The van der Waals surface area contributed by atoms with Crippen molar-refractivity contribution >= 4 is 27.7 Å². The van der Waals surface area contributed by atoms with Crippen LogP contribution in [-0.4, -0.2) is 53.4 Å². The highest BCUT2D eigenvalue weighted by molar-refractivity contribution is 9.10. The molecule has 1 aromatic heterocycles. The van der Waals surface area contributed by atoms with Crippen molar-refractivity contribution in [2.45, 2.75) is 31.5 Å². The summed E-state index contributed by atoms with van der Waals surface area (Å²) >= 11 is 3.17. The molecule has 12 heteroatoms. The van der Waals surface area contributed by atoms with Gasteiger partial charge in [0.2, 0.25) is 11.8 Å². The molecule has 2 atom stereocenters. The highest BCUT2D eigenvalue weighted by Crippen LogP contribution is 2.26. The summed E-state index contributed by atoms with van der Waals surface area (Å²) in [6.45, 7) is -0.0389. The van der Waals surface area contributed by atoms with E-state index in [0.717, 1.165) is 12.1 Å². The van der Waals surface area contributed by atoms with E-state index in [1.54, 1.807) is 0 Å². The number of amides is 2. The number of rotatable bonds is 6. The largest absolute Gasteiger partial charge is 0.573 e. The molecule has 2 unspecified atom stereocenters. The van der Waals surface area contributed by atoms with Gasteiger partial charge in [0.05, 0.1) is 13.0 Å². The molecular weight excluding hydrogens is 502 g/mol. The van der Waals surface area contributed by atoms with Crippen LogP contribution in [0, 0.1) is 0 Å². The van der Waals surface area contributed by atoms with Gasteiger partial charge in [-0.2, -0.15) is 0 Å². The fourth-order valence-corrected chi connectivity index (χ4v) is 3.51. The number of hydrogen-bond donors (Lipinski definition) is 1. The maximum atomic E-state index is 14.7. The van der Waals surface area contributed by atoms with Crippen LogP contribution in [0.3, 0.4) is 0 Å².